The minimum atomic E-state index is -0.191. The van der Waals surface area contributed by atoms with Crippen LogP contribution in [0.3, 0.4) is 0 Å². The summed E-state index contributed by atoms with van der Waals surface area (Å²) in [5.41, 5.74) is 1.07. The molecule has 0 bridgehead atoms. The minimum Gasteiger partial charge on any atom is -0.497 e. The monoisotopic (exact) mass is 373 g/mol. The first-order chi connectivity index (χ1) is 12.9. The van der Waals surface area contributed by atoms with Crippen LogP contribution in [0.4, 0.5) is 0 Å². The van der Waals surface area contributed by atoms with Crippen LogP contribution in [0.2, 0.25) is 0 Å². The van der Waals surface area contributed by atoms with E-state index in [9.17, 15) is 9.59 Å². The number of likely N-dealkylation sites (tertiary alicyclic amines) is 1. The summed E-state index contributed by atoms with van der Waals surface area (Å²) in [7, 11) is 3.73. The Bertz CT molecular complexity index is 683. The lowest BCUT2D eigenvalue weighted by Crippen LogP contribution is -2.50. The Labute approximate surface area is 162 Å². The van der Waals surface area contributed by atoms with Crippen LogP contribution in [-0.2, 0) is 9.59 Å². The number of piperazine rings is 1. The smallest absolute Gasteiger partial charge is 0.228 e. The Morgan fingerprint density at radius 2 is 1.78 bits per heavy atom. The summed E-state index contributed by atoms with van der Waals surface area (Å²) in [6.07, 6.45) is 0. The molecule has 27 heavy (non-hydrogen) atoms. The molecule has 2 aliphatic rings. The third kappa shape index (κ3) is 4.26. The number of likely N-dealkylation sites (N-methyl/N-ethyl adjacent to an activating group) is 1. The van der Waals surface area contributed by atoms with Gasteiger partial charge in [0.25, 0.3) is 0 Å². The predicted molar refractivity (Wildman–Crippen MR) is 105 cm³/mol. The lowest BCUT2D eigenvalue weighted by atomic mass is 9.87. The molecule has 0 N–H and O–H groups in total. The van der Waals surface area contributed by atoms with Crippen molar-refractivity contribution in [3.05, 3.63) is 29.8 Å². The molecule has 2 saturated heterocycles. The van der Waals surface area contributed by atoms with Crippen LogP contribution in [-0.4, -0.2) is 79.9 Å². The van der Waals surface area contributed by atoms with E-state index in [1.54, 1.807) is 7.11 Å². The largest absolute Gasteiger partial charge is 0.497 e. The summed E-state index contributed by atoms with van der Waals surface area (Å²) < 4.78 is 5.37. The van der Waals surface area contributed by atoms with Crippen molar-refractivity contribution in [3.63, 3.8) is 0 Å². The van der Waals surface area contributed by atoms with Gasteiger partial charge in [-0.05, 0) is 24.7 Å². The van der Waals surface area contributed by atoms with Crippen molar-refractivity contribution < 1.29 is 14.3 Å². The average molecular weight is 373 g/mol. The molecule has 1 aromatic rings. The van der Waals surface area contributed by atoms with Crippen molar-refractivity contribution in [3.8, 4) is 5.75 Å². The second-order valence-corrected chi connectivity index (χ2v) is 8.02. The molecule has 0 radical (unpaired) electrons. The minimum absolute atomic E-state index is 0.00922. The molecule has 6 nitrogen and oxygen atoms in total. The Kier molecular flexibility index (Phi) is 6.05. The van der Waals surface area contributed by atoms with E-state index in [4.69, 9.17) is 4.74 Å². The molecule has 0 spiro atoms. The molecule has 0 saturated carbocycles. The quantitative estimate of drug-likeness (QED) is 0.806. The second-order valence-electron chi connectivity index (χ2n) is 8.02. The molecule has 2 amide bonds. The van der Waals surface area contributed by atoms with E-state index in [2.05, 4.69) is 11.9 Å². The first-order valence-electron chi connectivity index (χ1n) is 9.80. The Hall–Kier alpha value is -2.08. The maximum Gasteiger partial charge on any atom is 0.228 e. The van der Waals surface area contributed by atoms with Crippen molar-refractivity contribution in [1.82, 2.24) is 14.7 Å². The van der Waals surface area contributed by atoms with Crippen LogP contribution in [0.25, 0.3) is 0 Å². The number of hydrogen-bond acceptors (Lipinski definition) is 4. The van der Waals surface area contributed by atoms with E-state index in [-0.39, 0.29) is 29.6 Å². The van der Waals surface area contributed by atoms with E-state index in [1.807, 2.05) is 47.9 Å². The SMILES string of the molecule is COc1cccc([C@@H]2CN(C(=O)C(C)C)C[C@@H]2C(=O)N2CCN(C)CC2)c1. The van der Waals surface area contributed by atoms with Gasteiger partial charge in [0, 0.05) is 51.1 Å². The van der Waals surface area contributed by atoms with Gasteiger partial charge < -0.3 is 19.4 Å². The fourth-order valence-corrected chi connectivity index (χ4v) is 4.07. The van der Waals surface area contributed by atoms with Gasteiger partial charge in [-0.3, -0.25) is 9.59 Å². The highest BCUT2D eigenvalue weighted by atomic mass is 16.5. The van der Waals surface area contributed by atoms with Crippen LogP contribution >= 0.6 is 0 Å². The summed E-state index contributed by atoms with van der Waals surface area (Å²) in [6, 6.07) is 7.91. The zero-order chi connectivity index (χ0) is 19.6. The van der Waals surface area contributed by atoms with Gasteiger partial charge in [-0.1, -0.05) is 26.0 Å². The molecule has 6 heteroatoms. The van der Waals surface area contributed by atoms with Gasteiger partial charge >= 0.3 is 0 Å². The predicted octanol–water partition coefficient (Wildman–Crippen LogP) is 1.67. The zero-order valence-corrected chi connectivity index (χ0v) is 16.9. The molecule has 2 atom stereocenters. The molecule has 0 unspecified atom stereocenters. The molecule has 0 aliphatic carbocycles. The van der Waals surface area contributed by atoms with E-state index in [0.717, 1.165) is 37.5 Å². The van der Waals surface area contributed by atoms with Gasteiger partial charge in [-0.15, -0.1) is 0 Å². The summed E-state index contributed by atoms with van der Waals surface area (Å²) >= 11 is 0. The topological polar surface area (TPSA) is 53.1 Å². The molecule has 0 aromatic heterocycles. The number of carbonyl (C=O) groups is 2. The molecule has 2 heterocycles. The number of methoxy groups -OCH3 is 1. The van der Waals surface area contributed by atoms with Crippen molar-refractivity contribution >= 4 is 11.8 Å². The van der Waals surface area contributed by atoms with E-state index >= 15 is 0 Å². The molecule has 1 aromatic carbocycles. The number of hydrogen-bond donors (Lipinski definition) is 0. The van der Waals surface area contributed by atoms with Crippen LogP contribution in [0, 0.1) is 11.8 Å². The number of amides is 2. The van der Waals surface area contributed by atoms with Crippen LogP contribution in [0.15, 0.2) is 24.3 Å². The normalized spacial score (nSPS) is 23.7. The fraction of sp³-hybridized carbons (Fsp3) is 0.619. The zero-order valence-electron chi connectivity index (χ0n) is 16.9. The average Bonchev–Trinajstić information content (AvgIpc) is 3.12. The summed E-state index contributed by atoms with van der Waals surface area (Å²) in [4.78, 5) is 32.0. The molecule has 148 valence electrons. The molecule has 2 fully saturated rings. The summed E-state index contributed by atoms with van der Waals surface area (Å²) in [5, 5.41) is 0. The number of carbonyl (C=O) groups excluding carboxylic acids is 2. The van der Waals surface area contributed by atoms with Crippen LogP contribution in [0.1, 0.15) is 25.3 Å². The maximum absolute atomic E-state index is 13.3. The van der Waals surface area contributed by atoms with Gasteiger partial charge in [0.2, 0.25) is 11.8 Å². The third-order valence-corrected chi connectivity index (χ3v) is 5.78. The first-order valence-corrected chi connectivity index (χ1v) is 9.80. The molecular formula is C21H31N3O3. The van der Waals surface area contributed by atoms with Gasteiger partial charge in [0.15, 0.2) is 0 Å². The Morgan fingerprint density at radius 3 is 2.41 bits per heavy atom. The Balaban J connectivity index is 1.84. The van der Waals surface area contributed by atoms with E-state index in [0.29, 0.717) is 13.1 Å². The number of benzene rings is 1. The van der Waals surface area contributed by atoms with Gasteiger partial charge in [-0.25, -0.2) is 0 Å². The first kappa shape index (κ1) is 19.7. The van der Waals surface area contributed by atoms with Crippen molar-refractivity contribution in [2.24, 2.45) is 11.8 Å². The number of nitrogens with zero attached hydrogens (tertiary/aromatic N) is 3. The summed E-state index contributed by atoms with van der Waals surface area (Å²) in [5.74, 6) is 0.838. The van der Waals surface area contributed by atoms with Gasteiger partial charge in [0.05, 0.1) is 13.0 Å². The maximum atomic E-state index is 13.3. The van der Waals surface area contributed by atoms with E-state index < -0.39 is 0 Å². The molecule has 3 rings (SSSR count). The van der Waals surface area contributed by atoms with Crippen LogP contribution in [0.5, 0.6) is 5.75 Å². The van der Waals surface area contributed by atoms with E-state index in [1.165, 1.54) is 0 Å². The highest BCUT2D eigenvalue weighted by Gasteiger charge is 2.42. The highest BCUT2D eigenvalue weighted by Crippen LogP contribution is 2.36. The third-order valence-electron chi connectivity index (χ3n) is 5.78. The van der Waals surface area contributed by atoms with Crippen molar-refractivity contribution in [2.75, 3.05) is 53.4 Å². The van der Waals surface area contributed by atoms with Crippen LogP contribution < -0.4 is 4.74 Å². The van der Waals surface area contributed by atoms with Crippen molar-refractivity contribution in [1.29, 1.82) is 0 Å². The highest BCUT2D eigenvalue weighted by molar-refractivity contribution is 5.84. The molecular weight excluding hydrogens is 342 g/mol. The number of rotatable bonds is 4. The number of ether oxygens (including phenoxy) is 1. The van der Waals surface area contributed by atoms with Crippen molar-refractivity contribution in [2.45, 2.75) is 19.8 Å². The molecule has 2 aliphatic heterocycles. The fourth-order valence-electron chi connectivity index (χ4n) is 4.07. The lowest BCUT2D eigenvalue weighted by molar-refractivity contribution is -0.138. The Morgan fingerprint density at radius 1 is 1.07 bits per heavy atom. The van der Waals surface area contributed by atoms with Gasteiger partial charge in [-0.2, -0.15) is 0 Å². The lowest BCUT2D eigenvalue weighted by Gasteiger charge is -2.35. The summed E-state index contributed by atoms with van der Waals surface area (Å²) in [6.45, 7) is 8.24. The standard InChI is InChI=1S/C21H31N3O3/c1-15(2)20(25)24-13-18(16-6-5-7-17(12-16)27-4)19(14-24)21(26)23-10-8-22(3)9-11-23/h5-7,12,15,18-19H,8-11,13-14H2,1-4H3/t18-,19-/m0/s1. The second kappa shape index (κ2) is 8.30. The van der Waals surface area contributed by atoms with Gasteiger partial charge in [0.1, 0.15) is 5.75 Å².